The number of rotatable bonds is 7. The maximum atomic E-state index is 14.2. The van der Waals surface area contributed by atoms with Gasteiger partial charge in [-0.15, -0.1) is 0 Å². The van der Waals surface area contributed by atoms with E-state index < -0.39 is 74.1 Å². The van der Waals surface area contributed by atoms with Gasteiger partial charge in [-0.05, 0) is 87.9 Å². The number of nitrogens with one attached hydrogen (secondary N) is 1. The predicted molar refractivity (Wildman–Crippen MR) is 160 cm³/mol. The van der Waals surface area contributed by atoms with Crippen LogP contribution in [0.2, 0.25) is 0 Å². The highest BCUT2D eigenvalue weighted by atomic mass is 32.2. The monoisotopic (exact) mass is 672 g/mol. The van der Waals surface area contributed by atoms with Crippen molar-refractivity contribution in [1.82, 2.24) is 9.62 Å². The molecule has 1 aliphatic heterocycles. The van der Waals surface area contributed by atoms with Gasteiger partial charge >= 0.3 is 18.2 Å². The van der Waals surface area contributed by atoms with Crippen molar-refractivity contribution in [2.24, 2.45) is 0 Å². The summed E-state index contributed by atoms with van der Waals surface area (Å²) in [5.74, 6) is -2.97. The first kappa shape index (κ1) is 34.6. The van der Waals surface area contributed by atoms with Crippen molar-refractivity contribution in [2.45, 2.75) is 50.4 Å². The number of esters is 1. The third-order valence-electron chi connectivity index (χ3n) is 6.85. The summed E-state index contributed by atoms with van der Waals surface area (Å²) in [6.45, 7) is 5.13. The first-order valence-corrected chi connectivity index (χ1v) is 15.3. The van der Waals surface area contributed by atoms with Gasteiger partial charge in [0, 0.05) is 5.70 Å². The number of urea groups is 1. The summed E-state index contributed by atoms with van der Waals surface area (Å²) in [6, 6.07) is 12.1. The summed E-state index contributed by atoms with van der Waals surface area (Å²) in [5, 5.41) is 9.31. The molecule has 3 amide bonds. The number of alkyl halides is 3. The third-order valence-corrected chi connectivity index (χ3v) is 8.20. The number of carbonyl (C=O) groups excluding carboxylic acids is 3. The van der Waals surface area contributed by atoms with Crippen molar-refractivity contribution in [3.8, 4) is 6.07 Å². The van der Waals surface area contributed by atoms with Gasteiger partial charge in [0.15, 0.2) is 0 Å². The maximum absolute atomic E-state index is 14.2. The van der Waals surface area contributed by atoms with E-state index in [9.17, 15) is 45.6 Å². The fraction of sp³-hybridized carbons (Fsp3) is 0.250. The Hall–Kier alpha value is -5.23. The van der Waals surface area contributed by atoms with E-state index in [-0.39, 0.29) is 22.5 Å². The highest BCUT2D eigenvalue weighted by Crippen LogP contribution is 2.41. The summed E-state index contributed by atoms with van der Waals surface area (Å²) in [7, 11) is -4.66. The van der Waals surface area contributed by atoms with Crippen LogP contribution in [0.3, 0.4) is 0 Å². The number of allylic oxidation sites excluding steroid dienone is 1. The molecule has 1 N–H and O–H groups in total. The number of hydrogen-bond donors (Lipinski definition) is 1. The number of carbonyl (C=O) groups is 3. The normalized spacial score (nSPS) is 15.7. The molecule has 3 aromatic carbocycles. The summed E-state index contributed by atoms with van der Waals surface area (Å²) in [6.07, 6.45) is -4.81. The number of hydrogen-bond acceptors (Lipinski definition) is 7. The molecule has 10 nitrogen and oxygen atoms in total. The van der Waals surface area contributed by atoms with Gasteiger partial charge in [-0.1, -0.05) is 18.2 Å². The van der Waals surface area contributed by atoms with Crippen LogP contribution in [-0.2, 0) is 30.5 Å². The van der Waals surface area contributed by atoms with Crippen molar-refractivity contribution < 1.29 is 45.1 Å². The first-order valence-electron chi connectivity index (χ1n) is 13.9. The maximum Gasteiger partial charge on any atom is 0.416 e. The summed E-state index contributed by atoms with van der Waals surface area (Å²) >= 11 is 0. The Morgan fingerprint density at radius 1 is 1.00 bits per heavy atom. The van der Waals surface area contributed by atoms with E-state index in [1.165, 1.54) is 37.3 Å². The number of benzene rings is 3. The van der Waals surface area contributed by atoms with Crippen LogP contribution >= 0.6 is 0 Å². The van der Waals surface area contributed by atoms with Crippen LogP contribution in [0.4, 0.5) is 28.0 Å². The second-order valence-electron chi connectivity index (χ2n) is 11.4. The van der Waals surface area contributed by atoms with E-state index in [0.717, 1.165) is 46.2 Å². The number of amides is 3. The molecular formula is C32H28F4N4O6S. The number of anilines is 1. The number of halogens is 4. The number of ether oxygens (including phenoxy) is 1. The number of nitrogens with zero attached hydrogens (tertiary/aromatic N) is 3. The average molecular weight is 673 g/mol. The lowest BCUT2D eigenvalue weighted by Gasteiger charge is -2.43. The van der Waals surface area contributed by atoms with Crippen molar-refractivity contribution in [3.63, 3.8) is 0 Å². The topological polar surface area (TPSA) is 137 Å². The molecule has 246 valence electrons. The number of nitriles is 1. The van der Waals surface area contributed by atoms with Crippen LogP contribution < -0.4 is 9.62 Å². The molecule has 0 aromatic heterocycles. The Morgan fingerprint density at radius 3 is 2.17 bits per heavy atom. The van der Waals surface area contributed by atoms with E-state index >= 15 is 0 Å². The first-order chi connectivity index (χ1) is 21.8. The standard InChI is InChI=1S/C32H28F4N4O6S/c1-19-27(29(42)38-47(44,45)25-14-12-23(33)13-15-25)28(21-10-8-20(17-37)9-11-21)39(18-26(41)46-31(2,3)4)30(43)40(19)24-7-5-6-22(16-24)32(34,35)36/h5-16,28H,18H2,1-4H3,(H,38,42). The highest BCUT2D eigenvalue weighted by molar-refractivity contribution is 7.90. The van der Waals surface area contributed by atoms with Gasteiger partial charge in [-0.2, -0.15) is 18.4 Å². The molecule has 1 atom stereocenters. The predicted octanol–water partition coefficient (Wildman–Crippen LogP) is 5.82. The molecule has 0 saturated heterocycles. The molecule has 0 saturated carbocycles. The van der Waals surface area contributed by atoms with Gasteiger partial charge < -0.3 is 9.64 Å². The smallest absolute Gasteiger partial charge is 0.416 e. The van der Waals surface area contributed by atoms with E-state index in [1.54, 1.807) is 20.8 Å². The molecular weight excluding hydrogens is 644 g/mol. The van der Waals surface area contributed by atoms with Gasteiger partial charge in [-0.3, -0.25) is 14.5 Å². The molecule has 0 bridgehead atoms. The van der Waals surface area contributed by atoms with Crippen molar-refractivity contribution in [2.75, 3.05) is 11.4 Å². The minimum absolute atomic E-state index is 0.160. The largest absolute Gasteiger partial charge is 0.459 e. The Bertz CT molecular complexity index is 1900. The highest BCUT2D eigenvalue weighted by Gasteiger charge is 2.45. The molecule has 3 aromatic rings. The Labute approximate surface area is 267 Å². The minimum Gasteiger partial charge on any atom is -0.459 e. The fourth-order valence-electron chi connectivity index (χ4n) is 4.88. The van der Waals surface area contributed by atoms with Gasteiger partial charge in [0.25, 0.3) is 15.9 Å². The molecule has 47 heavy (non-hydrogen) atoms. The summed E-state index contributed by atoms with van der Waals surface area (Å²) in [4.78, 5) is 42.5. The van der Waals surface area contributed by atoms with Crippen LogP contribution in [-0.4, -0.2) is 43.4 Å². The van der Waals surface area contributed by atoms with Crippen LogP contribution in [0.5, 0.6) is 0 Å². The number of sulfonamides is 1. The van der Waals surface area contributed by atoms with Crippen molar-refractivity contribution >= 4 is 33.6 Å². The Balaban J connectivity index is 1.96. The Kier molecular flexibility index (Phi) is 9.49. The molecule has 15 heteroatoms. The lowest BCUT2D eigenvalue weighted by atomic mass is 9.91. The zero-order valence-corrected chi connectivity index (χ0v) is 26.2. The quantitative estimate of drug-likeness (QED) is 0.247. The van der Waals surface area contributed by atoms with E-state index in [1.807, 2.05) is 10.8 Å². The molecule has 4 rings (SSSR count). The molecule has 1 unspecified atom stereocenters. The molecule has 1 heterocycles. The van der Waals surface area contributed by atoms with Crippen LogP contribution in [0, 0.1) is 17.1 Å². The van der Waals surface area contributed by atoms with Crippen molar-refractivity contribution in [3.05, 3.63) is 107 Å². The van der Waals surface area contributed by atoms with E-state index in [2.05, 4.69) is 0 Å². The zero-order chi connectivity index (χ0) is 34.9. The van der Waals surface area contributed by atoms with E-state index in [4.69, 9.17) is 4.74 Å². The lowest BCUT2D eigenvalue weighted by Crippen LogP contribution is -2.54. The van der Waals surface area contributed by atoms with Gasteiger partial charge in [0.1, 0.15) is 18.0 Å². The van der Waals surface area contributed by atoms with Crippen LogP contribution in [0.15, 0.2) is 89.0 Å². The summed E-state index contributed by atoms with van der Waals surface area (Å²) < 4.78 is 88.3. The molecule has 0 spiro atoms. The zero-order valence-electron chi connectivity index (χ0n) is 25.4. The second kappa shape index (κ2) is 12.9. The second-order valence-corrected chi connectivity index (χ2v) is 13.1. The molecule has 0 radical (unpaired) electrons. The van der Waals surface area contributed by atoms with Gasteiger partial charge in [-0.25, -0.2) is 22.3 Å². The van der Waals surface area contributed by atoms with Crippen LogP contribution in [0.1, 0.15) is 50.4 Å². The van der Waals surface area contributed by atoms with Gasteiger partial charge in [0.2, 0.25) is 0 Å². The third kappa shape index (κ3) is 7.78. The van der Waals surface area contributed by atoms with Crippen LogP contribution in [0.25, 0.3) is 0 Å². The van der Waals surface area contributed by atoms with Crippen molar-refractivity contribution in [1.29, 1.82) is 5.26 Å². The molecule has 0 aliphatic carbocycles. The molecule has 1 aliphatic rings. The SMILES string of the molecule is CC1=C(C(=O)NS(=O)(=O)c2ccc(F)cc2)C(c2ccc(C#N)cc2)N(CC(=O)OC(C)(C)C)C(=O)N1c1cccc(C(F)(F)F)c1. The van der Waals surface area contributed by atoms with E-state index in [0.29, 0.717) is 6.07 Å². The fourth-order valence-corrected chi connectivity index (χ4v) is 5.84. The summed E-state index contributed by atoms with van der Waals surface area (Å²) in [5.41, 5.74) is -2.79. The minimum atomic E-state index is -4.81. The lowest BCUT2D eigenvalue weighted by molar-refractivity contribution is -0.156. The van der Waals surface area contributed by atoms with Gasteiger partial charge in [0.05, 0.1) is 39.4 Å². The average Bonchev–Trinajstić information content (AvgIpc) is 2.97. The Morgan fingerprint density at radius 2 is 1.62 bits per heavy atom. The molecule has 0 fully saturated rings.